The lowest BCUT2D eigenvalue weighted by Crippen LogP contribution is -2.65. The van der Waals surface area contributed by atoms with Crippen LogP contribution in [0.3, 0.4) is 0 Å². The van der Waals surface area contributed by atoms with E-state index in [0.29, 0.717) is 17.0 Å². The number of likely N-dealkylation sites (N-methyl/N-ethyl adjacent to an activating group) is 2. The van der Waals surface area contributed by atoms with Gasteiger partial charge in [-0.05, 0) is 37.7 Å². The van der Waals surface area contributed by atoms with Gasteiger partial charge in [-0.25, -0.2) is 9.79 Å². The van der Waals surface area contributed by atoms with E-state index in [1.165, 1.54) is 34.5 Å². The molecule has 0 aromatic carbocycles. The summed E-state index contributed by atoms with van der Waals surface area (Å²) in [6.07, 6.45) is 5.25. The molecule has 9 nitrogen and oxygen atoms in total. The van der Waals surface area contributed by atoms with Gasteiger partial charge < -0.3 is 15.1 Å². The highest BCUT2D eigenvalue weighted by atomic mass is 32.1. The summed E-state index contributed by atoms with van der Waals surface area (Å²) >= 11 is 1.48. The number of anilines is 1. The number of urea groups is 1. The smallest absolute Gasteiger partial charge is 0.328 e. The number of fused-ring (bicyclic) bond motifs is 2. The van der Waals surface area contributed by atoms with Crippen LogP contribution in [-0.2, 0) is 22.4 Å². The second kappa shape index (κ2) is 7.72. The summed E-state index contributed by atoms with van der Waals surface area (Å²) in [5.41, 5.74) is 1.62. The first-order valence-corrected chi connectivity index (χ1v) is 10.9. The molecule has 1 N–H and O–H groups in total. The molecule has 3 aliphatic rings. The van der Waals surface area contributed by atoms with Gasteiger partial charge in [0.05, 0.1) is 11.9 Å². The van der Waals surface area contributed by atoms with Gasteiger partial charge in [-0.3, -0.25) is 14.5 Å². The highest BCUT2D eigenvalue weighted by Gasteiger charge is 2.50. The van der Waals surface area contributed by atoms with Crippen LogP contribution in [0, 0.1) is 11.3 Å². The van der Waals surface area contributed by atoms with Crippen LogP contribution in [0.2, 0.25) is 0 Å². The van der Waals surface area contributed by atoms with Crippen molar-refractivity contribution in [3.8, 4) is 6.07 Å². The Balaban J connectivity index is 1.58. The molecule has 10 heteroatoms. The fourth-order valence-corrected chi connectivity index (χ4v) is 5.68. The van der Waals surface area contributed by atoms with Gasteiger partial charge in [0.25, 0.3) is 5.91 Å². The number of hydrogen-bond donors (Lipinski definition) is 1. The zero-order chi connectivity index (χ0) is 21.6. The molecule has 3 heterocycles. The number of nitrogens with zero attached hydrogens (tertiary/aromatic N) is 5. The third kappa shape index (κ3) is 3.04. The standard InChI is InChI=1S/C20H24N6O3S/c1-4-13(26-10-22-16-15(26)19(28)25(3)20(29)24(16)2)17(27)23-18-12(9-21)11-7-5-6-8-14(11)30-18/h10,13,15-16H,4-8H2,1-3H3,(H,23,27). The molecule has 3 unspecified atom stereocenters. The number of amides is 4. The van der Waals surface area contributed by atoms with Crippen LogP contribution in [0.4, 0.5) is 9.80 Å². The summed E-state index contributed by atoms with van der Waals surface area (Å²) < 4.78 is 0. The predicted octanol–water partition coefficient (Wildman–Crippen LogP) is 1.78. The van der Waals surface area contributed by atoms with Gasteiger partial charge in [0, 0.05) is 19.0 Å². The highest BCUT2D eigenvalue weighted by Crippen LogP contribution is 2.38. The summed E-state index contributed by atoms with van der Waals surface area (Å²) in [6.45, 7) is 1.86. The molecule has 4 rings (SSSR count). The van der Waals surface area contributed by atoms with Crippen molar-refractivity contribution in [2.24, 2.45) is 4.99 Å². The van der Waals surface area contributed by atoms with Gasteiger partial charge in [-0.15, -0.1) is 11.3 Å². The Kier molecular flexibility index (Phi) is 5.24. The normalized spacial score (nSPS) is 23.9. The number of aryl methyl sites for hydroxylation is 1. The first-order valence-electron chi connectivity index (χ1n) is 10.1. The zero-order valence-electron chi connectivity index (χ0n) is 17.2. The molecule has 1 aliphatic carbocycles. The molecule has 0 radical (unpaired) electrons. The van der Waals surface area contributed by atoms with E-state index in [0.717, 1.165) is 36.1 Å². The highest BCUT2D eigenvalue weighted by molar-refractivity contribution is 7.16. The molecule has 3 atom stereocenters. The average Bonchev–Trinajstić information content (AvgIpc) is 3.32. The van der Waals surface area contributed by atoms with E-state index in [1.807, 2.05) is 6.92 Å². The lowest BCUT2D eigenvalue weighted by molar-refractivity contribution is -0.137. The average molecular weight is 429 g/mol. The number of aliphatic imine (C=N–C) groups is 1. The van der Waals surface area contributed by atoms with Gasteiger partial charge in [0.15, 0.2) is 12.2 Å². The number of nitrogens with one attached hydrogen (secondary N) is 1. The summed E-state index contributed by atoms with van der Waals surface area (Å²) in [5, 5.41) is 13.2. The Bertz CT molecular complexity index is 980. The molecule has 1 saturated heterocycles. The van der Waals surface area contributed by atoms with Gasteiger partial charge in [0.2, 0.25) is 5.91 Å². The van der Waals surface area contributed by atoms with E-state index in [4.69, 9.17) is 0 Å². The largest absolute Gasteiger partial charge is 0.335 e. The topological polar surface area (TPSA) is 109 Å². The summed E-state index contributed by atoms with van der Waals surface area (Å²) in [5.74, 6) is -0.661. The summed E-state index contributed by atoms with van der Waals surface area (Å²) in [7, 11) is 3.03. The molecular weight excluding hydrogens is 404 g/mol. The number of nitriles is 1. The van der Waals surface area contributed by atoms with Crippen molar-refractivity contribution < 1.29 is 14.4 Å². The predicted molar refractivity (Wildman–Crippen MR) is 112 cm³/mol. The minimum Gasteiger partial charge on any atom is -0.335 e. The van der Waals surface area contributed by atoms with Gasteiger partial charge in [-0.2, -0.15) is 5.26 Å². The van der Waals surface area contributed by atoms with Crippen LogP contribution < -0.4 is 5.32 Å². The maximum atomic E-state index is 13.2. The van der Waals surface area contributed by atoms with Crippen LogP contribution in [0.25, 0.3) is 0 Å². The molecule has 0 bridgehead atoms. The number of carbonyl (C=O) groups excluding carboxylic acids is 3. The summed E-state index contributed by atoms with van der Waals surface area (Å²) in [4.78, 5) is 47.8. The number of imide groups is 1. The number of thiophene rings is 1. The molecule has 4 amide bonds. The first-order chi connectivity index (χ1) is 14.4. The fourth-order valence-electron chi connectivity index (χ4n) is 4.44. The van der Waals surface area contributed by atoms with Gasteiger partial charge >= 0.3 is 6.03 Å². The third-order valence-corrected chi connectivity index (χ3v) is 7.30. The molecule has 1 fully saturated rings. The minimum absolute atomic E-state index is 0.283. The second-order valence-electron chi connectivity index (χ2n) is 7.80. The lowest BCUT2D eigenvalue weighted by atomic mass is 9.96. The van der Waals surface area contributed by atoms with Crippen LogP contribution >= 0.6 is 11.3 Å². The lowest BCUT2D eigenvalue weighted by Gasteiger charge is -2.41. The Hall–Kier alpha value is -2.93. The van der Waals surface area contributed by atoms with Crippen molar-refractivity contribution in [3.63, 3.8) is 0 Å². The van der Waals surface area contributed by atoms with Crippen molar-refractivity contribution in [2.75, 3.05) is 19.4 Å². The van der Waals surface area contributed by atoms with Crippen LogP contribution in [-0.4, -0.2) is 71.2 Å². The fraction of sp³-hybridized carbons (Fsp3) is 0.550. The van der Waals surface area contributed by atoms with Crippen LogP contribution in [0.15, 0.2) is 4.99 Å². The molecule has 1 aromatic rings. The quantitative estimate of drug-likeness (QED) is 0.786. The number of carbonyl (C=O) groups is 3. The van der Waals surface area contributed by atoms with Gasteiger partial charge in [0.1, 0.15) is 17.1 Å². The molecule has 158 valence electrons. The summed E-state index contributed by atoms with van der Waals surface area (Å²) in [6, 6.07) is 0.458. The van der Waals surface area contributed by atoms with Gasteiger partial charge in [-0.1, -0.05) is 6.92 Å². The maximum Gasteiger partial charge on any atom is 0.328 e. The van der Waals surface area contributed by atoms with E-state index in [1.54, 1.807) is 11.9 Å². The zero-order valence-corrected chi connectivity index (χ0v) is 18.0. The minimum atomic E-state index is -0.736. The number of rotatable bonds is 4. The Labute approximate surface area is 178 Å². The van der Waals surface area contributed by atoms with E-state index in [2.05, 4.69) is 16.4 Å². The van der Waals surface area contributed by atoms with Crippen molar-refractivity contribution in [1.82, 2.24) is 14.7 Å². The molecule has 30 heavy (non-hydrogen) atoms. The van der Waals surface area contributed by atoms with E-state index < -0.39 is 24.3 Å². The number of hydrogen-bond acceptors (Lipinski definition) is 7. The van der Waals surface area contributed by atoms with E-state index in [9.17, 15) is 19.6 Å². The molecule has 2 aliphatic heterocycles. The molecular formula is C20H24N6O3S. The Morgan fingerprint density at radius 1 is 1.37 bits per heavy atom. The SMILES string of the molecule is CCC(C(=O)Nc1sc2c(c1C#N)CCCC2)N1C=NC2C1C(=O)N(C)C(=O)N2C. The monoisotopic (exact) mass is 428 g/mol. The first kappa shape index (κ1) is 20.3. The molecule has 0 saturated carbocycles. The van der Waals surface area contributed by atoms with E-state index in [-0.39, 0.29) is 11.8 Å². The van der Waals surface area contributed by atoms with Crippen LogP contribution in [0.1, 0.15) is 42.2 Å². The van der Waals surface area contributed by atoms with E-state index >= 15 is 0 Å². The molecule has 1 aromatic heterocycles. The van der Waals surface area contributed by atoms with Crippen molar-refractivity contribution >= 4 is 40.5 Å². The van der Waals surface area contributed by atoms with Crippen molar-refractivity contribution in [3.05, 3.63) is 16.0 Å². The third-order valence-electron chi connectivity index (χ3n) is 6.09. The molecule has 0 spiro atoms. The van der Waals surface area contributed by atoms with Crippen LogP contribution in [0.5, 0.6) is 0 Å². The van der Waals surface area contributed by atoms with Crippen molar-refractivity contribution in [1.29, 1.82) is 5.26 Å². The Morgan fingerprint density at radius 2 is 2.10 bits per heavy atom. The Morgan fingerprint density at radius 3 is 2.80 bits per heavy atom. The van der Waals surface area contributed by atoms with Crippen molar-refractivity contribution in [2.45, 2.75) is 57.3 Å². The maximum absolute atomic E-state index is 13.2. The second-order valence-corrected chi connectivity index (χ2v) is 8.91.